The van der Waals surface area contributed by atoms with Crippen molar-refractivity contribution in [2.75, 3.05) is 0 Å². The molecule has 0 fully saturated rings. The van der Waals surface area contributed by atoms with Gasteiger partial charge in [0.25, 0.3) is 0 Å². The zero-order valence-electron chi connectivity index (χ0n) is 6.68. The van der Waals surface area contributed by atoms with Crippen LogP contribution >= 0.6 is 0 Å². The van der Waals surface area contributed by atoms with Crippen molar-refractivity contribution in [1.29, 1.82) is 0 Å². The van der Waals surface area contributed by atoms with Crippen molar-refractivity contribution in [3.05, 3.63) is 36.3 Å². The van der Waals surface area contributed by atoms with E-state index in [9.17, 15) is 0 Å². The van der Waals surface area contributed by atoms with Crippen molar-refractivity contribution in [2.45, 2.75) is 6.92 Å². The van der Waals surface area contributed by atoms with Gasteiger partial charge in [-0.1, -0.05) is 6.07 Å². The number of aromatic nitrogens is 4. The summed E-state index contributed by atoms with van der Waals surface area (Å²) in [6.07, 6.45) is 5.04. The van der Waals surface area contributed by atoms with E-state index in [2.05, 4.69) is 15.2 Å². The fraction of sp³-hybridized carbons (Fsp3) is 0.125. The van der Waals surface area contributed by atoms with Crippen LogP contribution in [0.5, 0.6) is 0 Å². The second-order valence-corrected chi connectivity index (χ2v) is 2.51. The fourth-order valence-corrected chi connectivity index (χ4v) is 0.912. The van der Waals surface area contributed by atoms with E-state index in [4.69, 9.17) is 0 Å². The molecule has 0 aromatic carbocycles. The first-order chi connectivity index (χ1) is 5.86. The molecule has 0 bridgehead atoms. The highest BCUT2D eigenvalue weighted by molar-refractivity contribution is 5.21. The van der Waals surface area contributed by atoms with E-state index >= 15 is 0 Å². The van der Waals surface area contributed by atoms with Crippen LogP contribution in [0.2, 0.25) is 0 Å². The largest absolute Gasteiger partial charge is 0.235 e. The quantitative estimate of drug-likeness (QED) is 0.624. The molecular weight excluding hydrogens is 152 g/mol. The molecule has 0 spiro atoms. The highest BCUT2D eigenvalue weighted by Crippen LogP contribution is 2.00. The molecule has 0 N–H and O–H groups in total. The van der Waals surface area contributed by atoms with E-state index in [0.717, 1.165) is 11.4 Å². The zero-order valence-corrected chi connectivity index (χ0v) is 6.68. The Labute approximate surface area is 69.9 Å². The van der Waals surface area contributed by atoms with Gasteiger partial charge in [0.15, 0.2) is 5.82 Å². The van der Waals surface area contributed by atoms with Gasteiger partial charge in [-0.25, -0.2) is 4.98 Å². The monoisotopic (exact) mass is 160 g/mol. The van der Waals surface area contributed by atoms with Gasteiger partial charge in [0, 0.05) is 6.20 Å². The van der Waals surface area contributed by atoms with E-state index in [-0.39, 0.29) is 0 Å². The molecule has 0 saturated carbocycles. The van der Waals surface area contributed by atoms with Gasteiger partial charge in [-0.2, -0.15) is 10.2 Å². The first kappa shape index (κ1) is 6.97. The lowest BCUT2D eigenvalue weighted by Gasteiger charge is -1.97. The highest BCUT2D eigenvalue weighted by atomic mass is 15.5. The van der Waals surface area contributed by atoms with Crippen molar-refractivity contribution in [1.82, 2.24) is 20.0 Å². The Hall–Kier alpha value is -1.71. The Morgan fingerprint density at radius 3 is 2.50 bits per heavy atom. The summed E-state index contributed by atoms with van der Waals surface area (Å²) < 4.78 is 0. The number of hydrogen-bond donors (Lipinski definition) is 0. The normalized spacial score (nSPS) is 10.1. The molecule has 2 heterocycles. The molecule has 0 radical (unpaired) electrons. The molecule has 2 aromatic heterocycles. The smallest absolute Gasteiger partial charge is 0.174 e. The summed E-state index contributed by atoms with van der Waals surface area (Å²) in [6.45, 7) is 1.99. The maximum atomic E-state index is 4.16. The first-order valence-electron chi connectivity index (χ1n) is 3.65. The fourth-order valence-electron chi connectivity index (χ4n) is 0.912. The Morgan fingerprint density at radius 2 is 1.92 bits per heavy atom. The maximum absolute atomic E-state index is 4.16. The molecule has 0 aliphatic heterocycles. The molecule has 0 aliphatic carbocycles. The Bertz CT molecular complexity index is 349. The molecular formula is C8H8N4. The molecule has 2 aromatic rings. The van der Waals surface area contributed by atoms with Crippen LogP contribution in [0, 0.1) is 6.92 Å². The van der Waals surface area contributed by atoms with Gasteiger partial charge >= 0.3 is 0 Å². The van der Waals surface area contributed by atoms with Gasteiger partial charge in [-0.05, 0) is 18.6 Å². The van der Waals surface area contributed by atoms with Gasteiger partial charge < -0.3 is 0 Å². The molecule has 0 unspecified atom stereocenters. The van der Waals surface area contributed by atoms with Crippen LogP contribution < -0.4 is 0 Å². The SMILES string of the molecule is Cc1ccc(-n2nccn2)nc1. The molecule has 4 nitrogen and oxygen atoms in total. The van der Waals surface area contributed by atoms with Crippen LogP contribution in [0.4, 0.5) is 0 Å². The summed E-state index contributed by atoms with van der Waals surface area (Å²) in [6, 6.07) is 3.86. The number of rotatable bonds is 1. The minimum Gasteiger partial charge on any atom is -0.235 e. The van der Waals surface area contributed by atoms with Crippen LogP contribution in [0.25, 0.3) is 5.82 Å². The van der Waals surface area contributed by atoms with Gasteiger partial charge in [-0.3, -0.25) is 0 Å². The lowest BCUT2D eigenvalue weighted by atomic mass is 10.3. The number of pyridine rings is 1. The Kier molecular flexibility index (Phi) is 1.59. The van der Waals surface area contributed by atoms with Gasteiger partial charge in [0.2, 0.25) is 0 Å². The third kappa shape index (κ3) is 1.18. The van der Waals surface area contributed by atoms with Gasteiger partial charge in [-0.15, -0.1) is 4.80 Å². The second-order valence-electron chi connectivity index (χ2n) is 2.51. The molecule has 4 heteroatoms. The van der Waals surface area contributed by atoms with Gasteiger partial charge in [0.05, 0.1) is 12.4 Å². The molecule has 12 heavy (non-hydrogen) atoms. The Morgan fingerprint density at radius 1 is 1.17 bits per heavy atom. The first-order valence-corrected chi connectivity index (χ1v) is 3.65. The topological polar surface area (TPSA) is 43.6 Å². The predicted octanol–water partition coefficient (Wildman–Crippen LogP) is 0.971. The third-order valence-corrected chi connectivity index (χ3v) is 1.52. The maximum Gasteiger partial charge on any atom is 0.174 e. The molecule has 0 amide bonds. The molecule has 0 saturated heterocycles. The minimum absolute atomic E-state index is 0.741. The van der Waals surface area contributed by atoms with Crippen LogP contribution in [0.3, 0.4) is 0 Å². The summed E-state index contributed by atoms with van der Waals surface area (Å²) in [7, 11) is 0. The average molecular weight is 160 g/mol. The van der Waals surface area contributed by atoms with Crippen molar-refractivity contribution in [3.8, 4) is 5.82 Å². The molecule has 2 rings (SSSR count). The van der Waals surface area contributed by atoms with Crippen molar-refractivity contribution in [2.24, 2.45) is 0 Å². The predicted molar refractivity (Wildman–Crippen MR) is 43.9 cm³/mol. The van der Waals surface area contributed by atoms with Crippen LogP contribution in [-0.2, 0) is 0 Å². The van der Waals surface area contributed by atoms with E-state index in [0.29, 0.717) is 0 Å². The van der Waals surface area contributed by atoms with Crippen molar-refractivity contribution < 1.29 is 0 Å². The van der Waals surface area contributed by atoms with E-state index < -0.39 is 0 Å². The van der Waals surface area contributed by atoms with Gasteiger partial charge in [0.1, 0.15) is 0 Å². The lowest BCUT2D eigenvalue weighted by molar-refractivity contribution is 0.728. The number of hydrogen-bond acceptors (Lipinski definition) is 3. The van der Waals surface area contributed by atoms with Crippen molar-refractivity contribution >= 4 is 0 Å². The number of nitrogens with zero attached hydrogens (tertiary/aromatic N) is 4. The molecule has 0 atom stereocenters. The van der Waals surface area contributed by atoms with Crippen LogP contribution in [0.1, 0.15) is 5.56 Å². The van der Waals surface area contributed by atoms with E-state index in [1.165, 1.54) is 4.80 Å². The molecule has 60 valence electrons. The van der Waals surface area contributed by atoms with E-state index in [1.54, 1.807) is 18.6 Å². The standard InChI is InChI=1S/C8H8N4/c1-7-2-3-8(9-6-7)12-10-4-5-11-12/h2-6H,1H3. The van der Waals surface area contributed by atoms with Crippen molar-refractivity contribution in [3.63, 3.8) is 0 Å². The summed E-state index contributed by atoms with van der Waals surface area (Å²) in [4.78, 5) is 5.64. The summed E-state index contributed by atoms with van der Waals surface area (Å²) in [5.74, 6) is 0.741. The number of aryl methyl sites for hydroxylation is 1. The average Bonchev–Trinajstić information content (AvgIpc) is 2.58. The van der Waals surface area contributed by atoms with E-state index in [1.807, 2.05) is 19.1 Å². The summed E-state index contributed by atoms with van der Waals surface area (Å²) in [5.41, 5.74) is 1.13. The third-order valence-electron chi connectivity index (χ3n) is 1.52. The van der Waals surface area contributed by atoms with Crippen LogP contribution in [-0.4, -0.2) is 20.0 Å². The summed E-state index contributed by atoms with van der Waals surface area (Å²) >= 11 is 0. The Balaban J connectivity index is 2.43. The second kappa shape index (κ2) is 2.73. The highest BCUT2D eigenvalue weighted by Gasteiger charge is 1.96. The van der Waals surface area contributed by atoms with Crippen LogP contribution in [0.15, 0.2) is 30.7 Å². The molecule has 0 aliphatic rings. The minimum atomic E-state index is 0.741. The lowest BCUT2D eigenvalue weighted by Crippen LogP contribution is -2.00. The summed E-state index contributed by atoms with van der Waals surface area (Å²) in [5, 5.41) is 7.92. The zero-order chi connectivity index (χ0) is 8.39.